The lowest BCUT2D eigenvalue weighted by Gasteiger charge is -2.44. The molecule has 0 spiro atoms. The van der Waals surface area contributed by atoms with Crippen LogP contribution >= 0.6 is 0 Å². The van der Waals surface area contributed by atoms with Gasteiger partial charge in [-0.1, -0.05) is 25.1 Å². The van der Waals surface area contributed by atoms with Crippen LogP contribution in [0.15, 0.2) is 30.3 Å². The fourth-order valence-corrected chi connectivity index (χ4v) is 3.81. The summed E-state index contributed by atoms with van der Waals surface area (Å²) in [4.78, 5) is 5.31. The smallest absolute Gasteiger partial charge is 0.0367 e. The van der Waals surface area contributed by atoms with Crippen molar-refractivity contribution >= 4 is 5.69 Å². The Hall–Kier alpha value is -1.06. The molecule has 2 saturated heterocycles. The fourth-order valence-electron chi connectivity index (χ4n) is 3.81. The first-order chi connectivity index (χ1) is 10.4. The van der Waals surface area contributed by atoms with Crippen molar-refractivity contribution in [2.24, 2.45) is 5.92 Å². The van der Waals surface area contributed by atoms with Crippen molar-refractivity contribution in [2.45, 2.75) is 32.2 Å². The van der Waals surface area contributed by atoms with Gasteiger partial charge in [0.15, 0.2) is 0 Å². The Labute approximate surface area is 129 Å². The van der Waals surface area contributed by atoms with Crippen LogP contribution in [-0.4, -0.2) is 50.2 Å². The van der Waals surface area contributed by atoms with Crippen LogP contribution in [0.1, 0.15) is 26.2 Å². The molecule has 2 fully saturated rings. The predicted octanol–water partition coefficient (Wildman–Crippen LogP) is 2.59. The van der Waals surface area contributed by atoms with Gasteiger partial charge in [-0.15, -0.1) is 0 Å². The number of rotatable bonds is 4. The quantitative estimate of drug-likeness (QED) is 0.918. The van der Waals surface area contributed by atoms with E-state index in [2.05, 4.69) is 52.4 Å². The van der Waals surface area contributed by atoms with Gasteiger partial charge in [0.25, 0.3) is 0 Å². The van der Waals surface area contributed by atoms with Gasteiger partial charge in [-0.3, -0.25) is 4.90 Å². The fraction of sp³-hybridized carbons (Fsp3) is 0.667. The molecule has 2 aliphatic heterocycles. The molecule has 21 heavy (non-hydrogen) atoms. The van der Waals surface area contributed by atoms with Crippen LogP contribution in [0.3, 0.4) is 0 Å². The van der Waals surface area contributed by atoms with Crippen molar-refractivity contribution in [2.75, 3.05) is 44.2 Å². The van der Waals surface area contributed by atoms with E-state index in [0.29, 0.717) is 6.04 Å². The van der Waals surface area contributed by atoms with Gasteiger partial charge in [0, 0.05) is 37.9 Å². The highest BCUT2D eigenvalue weighted by Crippen LogP contribution is 2.22. The van der Waals surface area contributed by atoms with Crippen molar-refractivity contribution in [1.82, 2.24) is 10.2 Å². The average Bonchev–Trinajstić information content (AvgIpc) is 2.57. The van der Waals surface area contributed by atoms with Gasteiger partial charge >= 0.3 is 0 Å². The van der Waals surface area contributed by atoms with Crippen LogP contribution in [-0.2, 0) is 0 Å². The minimum Gasteiger partial charge on any atom is -0.369 e. The summed E-state index contributed by atoms with van der Waals surface area (Å²) in [7, 11) is 0. The second kappa shape index (κ2) is 7.28. The maximum atomic E-state index is 3.55. The molecule has 3 heteroatoms. The summed E-state index contributed by atoms with van der Waals surface area (Å²) in [5, 5.41) is 3.55. The molecule has 2 atom stereocenters. The van der Waals surface area contributed by atoms with E-state index < -0.39 is 0 Å². The molecule has 2 unspecified atom stereocenters. The topological polar surface area (TPSA) is 18.5 Å². The van der Waals surface area contributed by atoms with Crippen molar-refractivity contribution < 1.29 is 0 Å². The van der Waals surface area contributed by atoms with Crippen LogP contribution in [0.5, 0.6) is 0 Å². The molecule has 3 nitrogen and oxygen atoms in total. The number of para-hydroxylation sites is 1. The van der Waals surface area contributed by atoms with Crippen LogP contribution in [0.25, 0.3) is 0 Å². The van der Waals surface area contributed by atoms with Crippen LogP contribution in [0, 0.1) is 5.92 Å². The van der Waals surface area contributed by atoms with Crippen molar-refractivity contribution in [3.8, 4) is 0 Å². The zero-order valence-electron chi connectivity index (χ0n) is 13.3. The highest BCUT2D eigenvalue weighted by Gasteiger charge is 2.28. The molecule has 0 bridgehead atoms. The summed E-state index contributed by atoms with van der Waals surface area (Å²) in [5.74, 6) is 0.857. The second-order valence-corrected chi connectivity index (χ2v) is 6.55. The summed E-state index contributed by atoms with van der Waals surface area (Å²) in [5.41, 5.74) is 1.38. The van der Waals surface area contributed by atoms with E-state index in [1.54, 1.807) is 0 Å². The van der Waals surface area contributed by atoms with Crippen LogP contribution < -0.4 is 10.2 Å². The van der Waals surface area contributed by atoms with E-state index >= 15 is 0 Å². The lowest BCUT2D eigenvalue weighted by atomic mass is 9.97. The number of nitrogens with one attached hydrogen (secondary N) is 1. The highest BCUT2D eigenvalue weighted by atomic mass is 15.3. The number of anilines is 1. The Kier molecular flexibility index (Phi) is 5.15. The third-order valence-corrected chi connectivity index (χ3v) is 5.09. The Morgan fingerprint density at radius 1 is 1.19 bits per heavy atom. The molecule has 0 radical (unpaired) electrons. The largest absolute Gasteiger partial charge is 0.369 e. The minimum absolute atomic E-state index is 0.709. The van der Waals surface area contributed by atoms with Gasteiger partial charge in [-0.25, -0.2) is 0 Å². The first kappa shape index (κ1) is 14.9. The van der Waals surface area contributed by atoms with Crippen LogP contribution in [0.2, 0.25) is 0 Å². The average molecular weight is 287 g/mol. The summed E-state index contributed by atoms with van der Waals surface area (Å²) in [6.45, 7) is 9.62. The van der Waals surface area contributed by atoms with E-state index in [1.165, 1.54) is 64.2 Å². The SMILES string of the molecule is CCC1CN(c2ccccc2)CCN1CC1CCCNC1. The first-order valence-electron chi connectivity index (χ1n) is 8.61. The predicted molar refractivity (Wildman–Crippen MR) is 89.9 cm³/mol. The molecule has 2 heterocycles. The van der Waals surface area contributed by atoms with Crippen molar-refractivity contribution in [3.05, 3.63) is 30.3 Å². The van der Waals surface area contributed by atoms with E-state index in [4.69, 9.17) is 0 Å². The molecule has 0 amide bonds. The van der Waals surface area contributed by atoms with Crippen molar-refractivity contribution in [1.29, 1.82) is 0 Å². The Bertz CT molecular complexity index is 414. The molecule has 0 aromatic heterocycles. The molecular formula is C18H29N3. The van der Waals surface area contributed by atoms with Gasteiger partial charge in [0.1, 0.15) is 0 Å². The molecule has 116 valence electrons. The monoisotopic (exact) mass is 287 g/mol. The summed E-state index contributed by atoms with van der Waals surface area (Å²) >= 11 is 0. The van der Waals surface area contributed by atoms with E-state index in [-0.39, 0.29) is 0 Å². The molecule has 1 aromatic rings. The van der Waals surface area contributed by atoms with Crippen LogP contribution in [0.4, 0.5) is 5.69 Å². The molecule has 2 aliphatic rings. The first-order valence-corrected chi connectivity index (χ1v) is 8.61. The number of piperidine rings is 1. The Morgan fingerprint density at radius 2 is 2.05 bits per heavy atom. The maximum absolute atomic E-state index is 3.55. The van der Waals surface area contributed by atoms with E-state index in [9.17, 15) is 0 Å². The van der Waals surface area contributed by atoms with Gasteiger partial charge in [-0.2, -0.15) is 0 Å². The van der Waals surface area contributed by atoms with Gasteiger partial charge in [0.05, 0.1) is 0 Å². The third-order valence-electron chi connectivity index (χ3n) is 5.09. The Balaban J connectivity index is 1.58. The molecule has 3 rings (SSSR count). The van der Waals surface area contributed by atoms with Gasteiger partial charge in [-0.05, 0) is 50.4 Å². The normalized spacial score (nSPS) is 27.8. The Morgan fingerprint density at radius 3 is 2.76 bits per heavy atom. The summed E-state index contributed by atoms with van der Waals surface area (Å²) in [6.07, 6.45) is 4.01. The number of hydrogen-bond acceptors (Lipinski definition) is 3. The number of hydrogen-bond donors (Lipinski definition) is 1. The molecule has 0 aliphatic carbocycles. The molecular weight excluding hydrogens is 258 g/mol. The lowest BCUT2D eigenvalue weighted by molar-refractivity contribution is 0.136. The van der Waals surface area contributed by atoms with E-state index in [1.807, 2.05) is 0 Å². The summed E-state index contributed by atoms with van der Waals surface area (Å²) in [6, 6.07) is 11.6. The van der Waals surface area contributed by atoms with Gasteiger partial charge < -0.3 is 10.2 Å². The van der Waals surface area contributed by atoms with Crippen molar-refractivity contribution in [3.63, 3.8) is 0 Å². The maximum Gasteiger partial charge on any atom is 0.0367 e. The lowest BCUT2D eigenvalue weighted by Crippen LogP contribution is -2.55. The standard InChI is InChI=1S/C18H29N3/c1-2-17-15-21(18-8-4-3-5-9-18)12-11-20(17)14-16-7-6-10-19-13-16/h3-5,8-9,16-17,19H,2,6-7,10-15H2,1H3. The van der Waals surface area contributed by atoms with Gasteiger partial charge in [0.2, 0.25) is 0 Å². The molecule has 0 saturated carbocycles. The summed E-state index contributed by atoms with van der Waals surface area (Å²) < 4.78 is 0. The number of piperazine rings is 1. The van der Waals surface area contributed by atoms with E-state index in [0.717, 1.165) is 5.92 Å². The zero-order valence-corrected chi connectivity index (χ0v) is 13.3. The number of nitrogens with zero attached hydrogens (tertiary/aromatic N) is 2. The molecule has 1 N–H and O–H groups in total. The minimum atomic E-state index is 0.709. The number of benzene rings is 1. The molecule has 1 aromatic carbocycles. The highest BCUT2D eigenvalue weighted by molar-refractivity contribution is 5.46. The third kappa shape index (κ3) is 3.78. The zero-order chi connectivity index (χ0) is 14.5. The second-order valence-electron chi connectivity index (χ2n) is 6.55.